The van der Waals surface area contributed by atoms with Gasteiger partial charge in [-0.2, -0.15) is 4.39 Å². The predicted octanol–water partition coefficient (Wildman–Crippen LogP) is 3.04. The van der Waals surface area contributed by atoms with E-state index in [-0.39, 0.29) is 23.6 Å². The molecule has 1 unspecified atom stereocenters. The van der Waals surface area contributed by atoms with Crippen molar-refractivity contribution in [1.82, 2.24) is 4.98 Å². The van der Waals surface area contributed by atoms with E-state index in [9.17, 15) is 28.9 Å². The molecule has 0 fully saturated rings. The van der Waals surface area contributed by atoms with E-state index in [0.717, 1.165) is 18.2 Å². The van der Waals surface area contributed by atoms with Gasteiger partial charge in [0, 0.05) is 17.4 Å². The summed E-state index contributed by atoms with van der Waals surface area (Å²) in [6, 6.07) is 2.83. The first-order valence-corrected chi connectivity index (χ1v) is 8.88. The van der Waals surface area contributed by atoms with E-state index in [2.05, 4.69) is 10.3 Å². The highest BCUT2D eigenvalue weighted by Gasteiger charge is 2.26. The molecule has 0 aliphatic heterocycles. The normalized spacial score (nSPS) is 11.5. The summed E-state index contributed by atoms with van der Waals surface area (Å²) in [5.41, 5.74) is 0.0902. The minimum absolute atomic E-state index is 0.00683. The van der Waals surface area contributed by atoms with Gasteiger partial charge in [0.1, 0.15) is 5.69 Å². The van der Waals surface area contributed by atoms with E-state index < -0.39 is 40.4 Å². The summed E-state index contributed by atoms with van der Waals surface area (Å²) in [4.78, 5) is 49.3. The van der Waals surface area contributed by atoms with E-state index in [1.807, 2.05) is 0 Å². The Balaban J connectivity index is 2.12. The number of amides is 1. The van der Waals surface area contributed by atoms with Gasteiger partial charge in [-0.3, -0.25) is 14.9 Å². The summed E-state index contributed by atoms with van der Waals surface area (Å²) >= 11 is 0. The summed E-state index contributed by atoms with van der Waals surface area (Å²) in [6.07, 6.45) is -1.28. The molecule has 0 aliphatic rings. The zero-order chi connectivity index (χ0) is 22.6. The molecule has 2 aromatic rings. The van der Waals surface area contributed by atoms with Crippen LogP contribution in [0.3, 0.4) is 0 Å². The fourth-order valence-electron chi connectivity index (χ4n) is 2.71. The van der Waals surface area contributed by atoms with Gasteiger partial charge in [0.05, 0.1) is 17.1 Å². The van der Waals surface area contributed by atoms with Crippen LogP contribution in [-0.2, 0) is 14.3 Å². The quantitative estimate of drug-likeness (QED) is 0.398. The van der Waals surface area contributed by atoms with Crippen molar-refractivity contribution in [2.24, 2.45) is 0 Å². The number of ether oxygens (including phenoxy) is 2. The maximum atomic E-state index is 13.4. The molecular weight excluding hydrogens is 401 g/mol. The molecule has 160 valence electrons. The van der Waals surface area contributed by atoms with Gasteiger partial charge in [0.25, 0.3) is 5.91 Å². The van der Waals surface area contributed by atoms with Crippen LogP contribution in [0.1, 0.15) is 46.0 Å². The molecule has 10 nitrogen and oxygen atoms in total. The number of aromatic nitrogens is 1. The zero-order valence-corrected chi connectivity index (χ0v) is 16.7. The molecule has 0 saturated carbocycles. The number of benzene rings is 1. The number of anilines is 1. The van der Waals surface area contributed by atoms with Crippen molar-refractivity contribution in [3.63, 3.8) is 0 Å². The van der Waals surface area contributed by atoms with Crippen LogP contribution in [-0.4, -0.2) is 40.5 Å². The van der Waals surface area contributed by atoms with E-state index in [4.69, 9.17) is 9.47 Å². The molecule has 2 rings (SSSR count). The molecule has 0 saturated heterocycles. The molecule has 1 aromatic heterocycles. The van der Waals surface area contributed by atoms with Crippen LogP contribution >= 0.6 is 0 Å². The Bertz CT molecular complexity index is 1020. The number of halogens is 1. The standard InChI is InChI=1S/C19H20FN3O7/c1-5-29-18(25)15-9(2)16(21-10(15)3)19(26)30-11(4)17(24)22-12-6-7-13(20)14(8-12)23(27)28/h6-8,11,21H,5H2,1-4H3,(H,22,24). The molecule has 0 bridgehead atoms. The smallest absolute Gasteiger partial charge is 0.355 e. The highest BCUT2D eigenvalue weighted by molar-refractivity contribution is 6.00. The van der Waals surface area contributed by atoms with Gasteiger partial charge in [-0.1, -0.05) is 0 Å². The van der Waals surface area contributed by atoms with Crippen molar-refractivity contribution in [1.29, 1.82) is 0 Å². The first kappa shape index (κ1) is 22.5. The van der Waals surface area contributed by atoms with Crippen molar-refractivity contribution in [3.8, 4) is 0 Å². The second kappa shape index (κ2) is 9.16. The van der Waals surface area contributed by atoms with Crippen molar-refractivity contribution in [3.05, 3.63) is 56.6 Å². The Morgan fingerprint density at radius 2 is 1.93 bits per heavy atom. The van der Waals surface area contributed by atoms with Crippen molar-refractivity contribution >= 4 is 29.2 Å². The van der Waals surface area contributed by atoms with Gasteiger partial charge in [-0.15, -0.1) is 0 Å². The van der Waals surface area contributed by atoms with Crippen LogP contribution < -0.4 is 5.32 Å². The number of esters is 2. The first-order chi connectivity index (χ1) is 14.1. The Hall–Kier alpha value is -3.76. The highest BCUT2D eigenvalue weighted by Crippen LogP contribution is 2.23. The lowest BCUT2D eigenvalue weighted by atomic mass is 10.1. The number of aromatic amines is 1. The SMILES string of the molecule is CCOC(=O)c1c(C)[nH]c(C(=O)OC(C)C(=O)Nc2ccc(F)c([N+](=O)[O-])c2)c1C. The van der Waals surface area contributed by atoms with E-state index in [1.165, 1.54) is 13.8 Å². The van der Waals surface area contributed by atoms with Gasteiger partial charge in [-0.05, 0) is 45.4 Å². The average Bonchev–Trinajstić information content (AvgIpc) is 2.97. The minimum Gasteiger partial charge on any atom is -0.462 e. The maximum absolute atomic E-state index is 13.4. The number of nitro groups is 1. The number of rotatable bonds is 7. The number of hydrogen-bond donors (Lipinski definition) is 2. The number of carbonyl (C=O) groups excluding carboxylic acids is 3. The lowest BCUT2D eigenvalue weighted by molar-refractivity contribution is -0.387. The predicted molar refractivity (Wildman–Crippen MR) is 103 cm³/mol. The Morgan fingerprint density at radius 3 is 2.53 bits per heavy atom. The number of H-pyrrole nitrogens is 1. The third kappa shape index (κ3) is 4.80. The summed E-state index contributed by atoms with van der Waals surface area (Å²) in [6.45, 7) is 6.24. The van der Waals surface area contributed by atoms with Crippen LogP contribution in [0.4, 0.5) is 15.8 Å². The number of hydrogen-bond acceptors (Lipinski definition) is 7. The first-order valence-electron chi connectivity index (χ1n) is 8.88. The third-order valence-electron chi connectivity index (χ3n) is 4.18. The van der Waals surface area contributed by atoms with E-state index in [0.29, 0.717) is 11.3 Å². The molecule has 0 radical (unpaired) electrons. The molecule has 0 aliphatic carbocycles. The Labute approximate surface area is 170 Å². The zero-order valence-electron chi connectivity index (χ0n) is 16.7. The van der Waals surface area contributed by atoms with Gasteiger partial charge in [0.2, 0.25) is 5.82 Å². The summed E-state index contributed by atoms with van der Waals surface area (Å²) in [7, 11) is 0. The van der Waals surface area contributed by atoms with Crippen LogP contribution in [0.2, 0.25) is 0 Å². The van der Waals surface area contributed by atoms with Crippen LogP contribution in [0.5, 0.6) is 0 Å². The molecule has 11 heteroatoms. The van der Waals surface area contributed by atoms with Crippen molar-refractivity contribution < 1.29 is 33.2 Å². The third-order valence-corrected chi connectivity index (χ3v) is 4.18. The second-order valence-corrected chi connectivity index (χ2v) is 6.31. The molecule has 2 N–H and O–H groups in total. The molecule has 1 amide bonds. The maximum Gasteiger partial charge on any atom is 0.355 e. The fraction of sp³-hybridized carbons (Fsp3) is 0.316. The van der Waals surface area contributed by atoms with Gasteiger partial charge < -0.3 is 19.8 Å². The van der Waals surface area contributed by atoms with Gasteiger partial charge in [0.15, 0.2) is 6.10 Å². The highest BCUT2D eigenvalue weighted by atomic mass is 19.1. The van der Waals surface area contributed by atoms with Crippen LogP contribution in [0.15, 0.2) is 18.2 Å². The van der Waals surface area contributed by atoms with E-state index >= 15 is 0 Å². The van der Waals surface area contributed by atoms with Crippen molar-refractivity contribution in [2.75, 3.05) is 11.9 Å². The molecular formula is C19H20FN3O7. The van der Waals surface area contributed by atoms with Crippen molar-refractivity contribution in [2.45, 2.75) is 33.8 Å². The largest absolute Gasteiger partial charge is 0.462 e. The lowest BCUT2D eigenvalue weighted by Gasteiger charge is -2.13. The number of nitro benzene ring substituents is 1. The van der Waals surface area contributed by atoms with Crippen LogP contribution in [0, 0.1) is 29.8 Å². The van der Waals surface area contributed by atoms with E-state index in [1.54, 1.807) is 13.8 Å². The summed E-state index contributed by atoms with van der Waals surface area (Å²) in [5, 5.41) is 13.1. The topological polar surface area (TPSA) is 141 Å². The molecule has 1 atom stereocenters. The van der Waals surface area contributed by atoms with Crippen LogP contribution in [0.25, 0.3) is 0 Å². The molecule has 1 heterocycles. The number of nitrogens with zero attached hydrogens (tertiary/aromatic N) is 1. The molecule has 1 aromatic carbocycles. The lowest BCUT2D eigenvalue weighted by Crippen LogP contribution is -2.30. The fourth-order valence-corrected chi connectivity index (χ4v) is 2.71. The van der Waals surface area contributed by atoms with Gasteiger partial charge in [-0.25, -0.2) is 9.59 Å². The van der Waals surface area contributed by atoms with Gasteiger partial charge >= 0.3 is 17.6 Å². The molecule has 30 heavy (non-hydrogen) atoms. The molecule has 0 spiro atoms. The average molecular weight is 421 g/mol. The summed E-state index contributed by atoms with van der Waals surface area (Å²) in [5.74, 6) is -3.30. The number of nitrogens with one attached hydrogen (secondary N) is 2. The monoisotopic (exact) mass is 421 g/mol. The number of carbonyl (C=O) groups is 3. The minimum atomic E-state index is -1.28. The second-order valence-electron chi connectivity index (χ2n) is 6.31. The number of aryl methyl sites for hydroxylation is 1. The summed E-state index contributed by atoms with van der Waals surface area (Å²) < 4.78 is 23.5. The Kier molecular flexibility index (Phi) is 6.88. The Morgan fingerprint density at radius 1 is 1.27 bits per heavy atom.